The van der Waals surface area contributed by atoms with E-state index in [0.29, 0.717) is 38.2 Å². The fourth-order valence-corrected chi connectivity index (χ4v) is 3.51. The van der Waals surface area contributed by atoms with Gasteiger partial charge in [-0.2, -0.15) is 0 Å². The van der Waals surface area contributed by atoms with Crippen molar-refractivity contribution in [3.63, 3.8) is 0 Å². The van der Waals surface area contributed by atoms with Gasteiger partial charge in [-0.05, 0) is 36.6 Å². The molecule has 3 rings (SSSR count). The Labute approximate surface area is 165 Å². The van der Waals surface area contributed by atoms with Crippen LogP contribution in [0.4, 0.5) is 17.1 Å². The van der Waals surface area contributed by atoms with Gasteiger partial charge in [0.05, 0.1) is 4.92 Å². The molecule has 1 N–H and O–H groups in total. The third-order valence-corrected chi connectivity index (χ3v) is 5.20. The molecule has 0 atom stereocenters. The van der Waals surface area contributed by atoms with Gasteiger partial charge in [-0.15, -0.1) is 0 Å². The van der Waals surface area contributed by atoms with E-state index in [2.05, 4.69) is 5.32 Å². The summed E-state index contributed by atoms with van der Waals surface area (Å²) in [6.07, 6.45) is 1.38. The fraction of sp³-hybridized carbons (Fsp3) is 0.381. The number of nitrogens with one attached hydrogen (secondary N) is 1. The molecule has 2 aromatic carbocycles. The molecule has 0 spiro atoms. The number of nitro benzene ring substituents is 1. The first kappa shape index (κ1) is 19.7. The SMILES string of the molecule is CN(C)c1ccc(CNC(=O)C2CCN(c3ccccc3[N+](=O)[O-])CC2)cc1. The van der Waals surface area contributed by atoms with Crippen molar-refractivity contribution in [3.8, 4) is 0 Å². The quantitative estimate of drug-likeness (QED) is 0.613. The minimum Gasteiger partial charge on any atom is -0.378 e. The lowest BCUT2D eigenvalue weighted by Crippen LogP contribution is -2.40. The van der Waals surface area contributed by atoms with E-state index >= 15 is 0 Å². The third-order valence-electron chi connectivity index (χ3n) is 5.20. The predicted molar refractivity (Wildman–Crippen MR) is 111 cm³/mol. The molecule has 2 aromatic rings. The number of para-hydroxylation sites is 2. The van der Waals surface area contributed by atoms with Crippen LogP contribution in [-0.2, 0) is 11.3 Å². The van der Waals surface area contributed by atoms with Crippen molar-refractivity contribution in [1.82, 2.24) is 5.32 Å². The molecule has 0 saturated carbocycles. The number of benzene rings is 2. The highest BCUT2D eigenvalue weighted by Crippen LogP contribution is 2.31. The van der Waals surface area contributed by atoms with Crippen LogP contribution in [0.1, 0.15) is 18.4 Å². The van der Waals surface area contributed by atoms with E-state index in [1.807, 2.05) is 54.2 Å². The van der Waals surface area contributed by atoms with Crippen LogP contribution in [0.3, 0.4) is 0 Å². The topological polar surface area (TPSA) is 78.7 Å². The standard InChI is InChI=1S/C21H26N4O3/c1-23(2)18-9-7-16(8-10-18)15-22-21(26)17-11-13-24(14-12-17)19-5-3-4-6-20(19)25(27)28/h3-10,17H,11-15H2,1-2H3,(H,22,26). The van der Waals surface area contributed by atoms with Gasteiger partial charge in [0.15, 0.2) is 0 Å². The Hall–Kier alpha value is -3.09. The Bertz CT molecular complexity index is 828. The second-order valence-electron chi connectivity index (χ2n) is 7.29. The third kappa shape index (κ3) is 4.60. The summed E-state index contributed by atoms with van der Waals surface area (Å²) >= 11 is 0. The number of nitro groups is 1. The van der Waals surface area contributed by atoms with Crippen LogP contribution in [0.25, 0.3) is 0 Å². The molecule has 0 aliphatic carbocycles. The van der Waals surface area contributed by atoms with E-state index in [0.717, 1.165) is 11.3 Å². The molecular formula is C21H26N4O3. The number of anilines is 2. The Kier molecular flexibility index (Phi) is 6.13. The minimum atomic E-state index is -0.351. The van der Waals surface area contributed by atoms with Gasteiger partial charge in [-0.1, -0.05) is 24.3 Å². The summed E-state index contributed by atoms with van der Waals surface area (Å²) in [6, 6.07) is 14.9. The molecule has 7 heteroatoms. The molecular weight excluding hydrogens is 356 g/mol. The van der Waals surface area contributed by atoms with Crippen molar-refractivity contribution in [2.75, 3.05) is 37.0 Å². The molecule has 0 bridgehead atoms. The van der Waals surface area contributed by atoms with Gasteiger partial charge in [-0.3, -0.25) is 14.9 Å². The number of hydrogen-bond acceptors (Lipinski definition) is 5. The van der Waals surface area contributed by atoms with Crippen LogP contribution in [-0.4, -0.2) is 38.0 Å². The van der Waals surface area contributed by atoms with Gasteiger partial charge >= 0.3 is 0 Å². The Balaban J connectivity index is 1.52. The molecule has 148 valence electrons. The highest BCUT2D eigenvalue weighted by molar-refractivity contribution is 5.79. The molecule has 0 aromatic heterocycles. The van der Waals surface area contributed by atoms with Gasteiger partial charge in [0, 0.05) is 51.4 Å². The maximum atomic E-state index is 12.5. The number of amides is 1. The van der Waals surface area contributed by atoms with E-state index in [9.17, 15) is 14.9 Å². The maximum absolute atomic E-state index is 12.5. The lowest BCUT2D eigenvalue weighted by molar-refractivity contribution is -0.384. The number of carbonyl (C=O) groups is 1. The van der Waals surface area contributed by atoms with Crippen LogP contribution < -0.4 is 15.1 Å². The minimum absolute atomic E-state index is 0.0545. The molecule has 0 unspecified atom stereocenters. The maximum Gasteiger partial charge on any atom is 0.292 e. The number of piperidine rings is 1. The van der Waals surface area contributed by atoms with Gasteiger partial charge in [0.2, 0.25) is 5.91 Å². The van der Waals surface area contributed by atoms with E-state index in [-0.39, 0.29) is 22.4 Å². The summed E-state index contributed by atoms with van der Waals surface area (Å²) in [7, 11) is 3.99. The monoisotopic (exact) mass is 382 g/mol. The lowest BCUT2D eigenvalue weighted by atomic mass is 9.95. The van der Waals surface area contributed by atoms with Gasteiger partial charge in [0.25, 0.3) is 5.69 Å². The first-order valence-corrected chi connectivity index (χ1v) is 9.48. The molecule has 1 amide bonds. The van der Waals surface area contributed by atoms with Gasteiger partial charge < -0.3 is 15.1 Å². The van der Waals surface area contributed by atoms with E-state index in [1.54, 1.807) is 12.1 Å². The highest BCUT2D eigenvalue weighted by atomic mass is 16.6. The number of rotatable bonds is 6. The summed E-state index contributed by atoms with van der Waals surface area (Å²) in [4.78, 5) is 27.4. The molecule has 1 aliphatic heterocycles. The van der Waals surface area contributed by atoms with Crippen molar-refractivity contribution < 1.29 is 9.72 Å². The Morgan fingerprint density at radius 3 is 2.39 bits per heavy atom. The summed E-state index contributed by atoms with van der Waals surface area (Å²) in [5.41, 5.74) is 2.94. The van der Waals surface area contributed by atoms with Crippen molar-refractivity contribution in [3.05, 3.63) is 64.2 Å². The molecule has 1 saturated heterocycles. The van der Waals surface area contributed by atoms with Crippen molar-refractivity contribution in [1.29, 1.82) is 0 Å². The average molecular weight is 382 g/mol. The first-order chi connectivity index (χ1) is 13.5. The van der Waals surface area contributed by atoms with Crippen LogP contribution in [0, 0.1) is 16.0 Å². The Morgan fingerprint density at radius 1 is 1.14 bits per heavy atom. The average Bonchev–Trinajstić information content (AvgIpc) is 2.72. The van der Waals surface area contributed by atoms with Crippen LogP contribution in [0.2, 0.25) is 0 Å². The summed E-state index contributed by atoms with van der Waals surface area (Å²) in [5, 5.41) is 14.2. The van der Waals surface area contributed by atoms with Gasteiger partial charge in [0.1, 0.15) is 5.69 Å². The smallest absolute Gasteiger partial charge is 0.292 e. The van der Waals surface area contributed by atoms with Crippen LogP contribution in [0.15, 0.2) is 48.5 Å². The zero-order valence-electron chi connectivity index (χ0n) is 16.3. The Morgan fingerprint density at radius 2 is 1.79 bits per heavy atom. The van der Waals surface area contributed by atoms with Crippen molar-refractivity contribution >= 4 is 23.0 Å². The number of hydrogen-bond donors (Lipinski definition) is 1. The van der Waals surface area contributed by atoms with Gasteiger partial charge in [-0.25, -0.2) is 0 Å². The highest BCUT2D eigenvalue weighted by Gasteiger charge is 2.27. The van der Waals surface area contributed by atoms with Crippen LogP contribution in [0.5, 0.6) is 0 Å². The second-order valence-corrected chi connectivity index (χ2v) is 7.29. The number of carbonyl (C=O) groups excluding carboxylic acids is 1. The summed E-state index contributed by atoms with van der Waals surface area (Å²) < 4.78 is 0. The molecule has 7 nitrogen and oxygen atoms in total. The van der Waals surface area contributed by atoms with Crippen molar-refractivity contribution in [2.45, 2.75) is 19.4 Å². The summed E-state index contributed by atoms with van der Waals surface area (Å²) in [6.45, 7) is 1.79. The zero-order valence-corrected chi connectivity index (χ0v) is 16.3. The molecule has 1 fully saturated rings. The fourth-order valence-electron chi connectivity index (χ4n) is 3.51. The van der Waals surface area contributed by atoms with Crippen LogP contribution >= 0.6 is 0 Å². The number of nitrogens with zero attached hydrogens (tertiary/aromatic N) is 3. The van der Waals surface area contributed by atoms with E-state index in [4.69, 9.17) is 0 Å². The first-order valence-electron chi connectivity index (χ1n) is 9.48. The van der Waals surface area contributed by atoms with E-state index in [1.165, 1.54) is 6.07 Å². The zero-order chi connectivity index (χ0) is 20.1. The molecule has 1 aliphatic rings. The normalized spacial score (nSPS) is 14.6. The molecule has 0 radical (unpaired) electrons. The predicted octanol–water partition coefficient (Wildman–Crippen LogP) is 3.19. The molecule has 1 heterocycles. The van der Waals surface area contributed by atoms with Crippen molar-refractivity contribution in [2.24, 2.45) is 5.92 Å². The summed E-state index contributed by atoms with van der Waals surface area (Å²) in [5.74, 6) is -0.000959. The largest absolute Gasteiger partial charge is 0.378 e. The second kappa shape index (κ2) is 8.73. The molecule has 28 heavy (non-hydrogen) atoms. The lowest BCUT2D eigenvalue weighted by Gasteiger charge is -2.32. The van der Waals surface area contributed by atoms with E-state index < -0.39 is 0 Å².